The van der Waals surface area contributed by atoms with E-state index in [9.17, 15) is 5.11 Å². The number of epoxide rings is 1. The van der Waals surface area contributed by atoms with Crippen LogP contribution in [0.2, 0.25) is 0 Å². The van der Waals surface area contributed by atoms with Crippen LogP contribution < -0.4 is 0 Å². The van der Waals surface area contributed by atoms with Crippen molar-refractivity contribution in [3.63, 3.8) is 0 Å². The van der Waals surface area contributed by atoms with Gasteiger partial charge < -0.3 is 19.3 Å². The maximum atomic E-state index is 10.9. The molecule has 1 N–H and O–H groups in total. The Morgan fingerprint density at radius 3 is 2.27 bits per heavy atom. The molecule has 5 atom stereocenters. The SMILES string of the molecule is OCC12c3ccccc3C(c3ccccc31)[C@@H]1[C@H]3CO[C@H](O3)[C@@]3(CO3)[C@@H]12. The molecule has 0 unspecified atom stereocenters. The Hall–Kier alpha value is -1.72. The number of ether oxygens (including phenoxy) is 3. The van der Waals surface area contributed by atoms with Crippen LogP contribution in [0.15, 0.2) is 48.5 Å². The van der Waals surface area contributed by atoms with Crippen LogP contribution in [-0.4, -0.2) is 42.9 Å². The minimum Gasteiger partial charge on any atom is -0.395 e. The largest absolute Gasteiger partial charge is 0.395 e. The van der Waals surface area contributed by atoms with Gasteiger partial charge in [0.15, 0.2) is 6.29 Å². The summed E-state index contributed by atoms with van der Waals surface area (Å²) >= 11 is 0. The fraction of sp³-hybridized carbons (Fsp3) is 0.455. The Morgan fingerprint density at radius 1 is 1.00 bits per heavy atom. The van der Waals surface area contributed by atoms with Gasteiger partial charge in [0, 0.05) is 17.8 Å². The van der Waals surface area contributed by atoms with E-state index in [-0.39, 0.29) is 36.8 Å². The van der Waals surface area contributed by atoms with Gasteiger partial charge in [-0.2, -0.15) is 0 Å². The number of fused-ring (bicyclic) bond motifs is 3. The van der Waals surface area contributed by atoms with E-state index in [0.717, 1.165) is 0 Å². The highest BCUT2D eigenvalue weighted by Crippen LogP contribution is 2.70. The van der Waals surface area contributed by atoms with Crippen molar-refractivity contribution in [2.45, 2.75) is 29.3 Å². The third-order valence-electron chi connectivity index (χ3n) is 7.65. The van der Waals surface area contributed by atoms with Gasteiger partial charge in [0.25, 0.3) is 0 Å². The number of aliphatic hydroxyl groups is 1. The summed E-state index contributed by atoms with van der Waals surface area (Å²) in [6.45, 7) is 1.36. The van der Waals surface area contributed by atoms with Crippen molar-refractivity contribution >= 4 is 0 Å². The number of hydrogen-bond donors (Lipinski definition) is 1. The summed E-state index contributed by atoms with van der Waals surface area (Å²) in [6, 6.07) is 17.3. The molecule has 3 fully saturated rings. The normalized spacial score (nSPS) is 46.0. The maximum Gasteiger partial charge on any atom is 0.189 e. The molecule has 132 valence electrons. The Labute approximate surface area is 151 Å². The number of aliphatic hydroxyl groups excluding tert-OH is 1. The van der Waals surface area contributed by atoms with Crippen LogP contribution in [0.25, 0.3) is 0 Å². The summed E-state index contributed by atoms with van der Waals surface area (Å²) < 4.78 is 18.4. The van der Waals surface area contributed by atoms with E-state index in [4.69, 9.17) is 14.2 Å². The van der Waals surface area contributed by atoms with Crippen molar-refractivity contribution in [3.8, 4) is 0 Å². The highest BCUT2D eigenvalue weighted by molar-refractivity contribution is 5.62. The summed E-state index contributed by atoms with van der Waals surface area (Å²) in [5, 5.41) is 10.9. The first-order valence-corrected chi connectivity index (χ1v) is 9.52. The van der Waals surface area contributed by atoms with Crippen LogP contribution >= 0.6 is 0 Å². The molecule has 3 saturated heterocycles. The third kappa shape index (κ3) is 1.32. The predicted octanol–water partition coefficient (Wildman–Crippen LogP) is 2.18. The molecular weight excluding hydrogens is 328 g/mol. The van der Waals surface area contributed by atoms with Gasteiger partial charge >= 0.3 is 0 Å². The average molecular weight is 348 g/mol. The highest BCUT2D eigenvalue weighted by atomic mass is 16.8. The molecule has 4 bridgehead atoms. The fourth-order valence-electron chi connectivity index (χ4n) is 6.80. The van der Waals surface area contributed by atoms with Gasteiger partial charge in [-0.15, -0.1) is 0 Å². The summed E-state index contributed by atoms with van der Waals surface area (Å²) in [5.41, 5.74) is 4.35. The van der Waals surface area contributed by atoms with E-state index in [2.05, 4.69) is 48.5 Å². The van der Waals surface area contributed by atoms with Crippen LogP contribution in [-0.2, 0) is 19.6 Å². The van der Waals surface area contributed by atoms with Crippen LogP contribution in [0.5, 0.6) is 0 Å². The van der Waals surface area contributed by atoms with Crippen molar-refractivity contribution in [2.75, 3.05) is 19.8 Å². The molecule has 3 aliphatic carbocycles. The third-order valence-corrected chi connectivity index (χ3v) is 7.65. The zero-order valence-corrected chi connectivity index (χ0v) is 14.3. The van der Waals surface area contributed by atoms with Gasteiger partial charge in [-0.1, -0.05) is 48.5 Å². The smallest absolute Gasteiger partial charge is 0.189 e. The molecule has 26 heavy (non-hydrogen) atoms. The predicted molar refractivity (Wildman–Crippen MR) is 92.9 cm³/mol. The lowest BCUT2D eigenvalue weighted by Crippen LogP contribution is -2.66. The van der Waals surface area contributed by atoms with Crippen molar-refractivity contribution in [2.24, 2.45) is 11.8 Å². The molecule has 4 nitrogen and oxygen atoms in total. The first-order chi connectivity index (χ1) is 12.8. The van der Waals surface area contributed by atoms with Gasteiger partial charge in [0.05, 0.1) is 31.3 Å². The molecule has 0 amide bonds. The topological polar surface area (TPSA) is 51.2 Å². The molecule has 1 spiro atoms. The minimum atomic E-state index is -0.447. The first kappa shape index (κ1) is 14.4. The molecule has 0 aromatic heterocycles. The Balaban J connectivity index is 1.62. The summed E-state index contributed by atoms with van der Waals surface area (Å²) in [7, 11) is 0. The second-order valence-corrected chi connectivity index (χ2v) is 8.42. The molecule has 6 aliphatic rings. The first-order valence-electron chi connectivity index (χ1n) is 9.52. The van der Waals surface area contributed by atoms with Crippen LogP contribution in [0.4, 0.5) is 0 Å². The van der Waals surface area contributed by atoms with E-state index < -0.39 is 11.0 Å². The van der Waals surface area contributed by atoms with Gasteiger partial charge in [0.1, 0.15) is 5.60 Å². The molecule has 3 aliphatic heterocycles. The number of hydrogen-bond acceptors (Lipinski definition) is 4. The zero-order chi connectivity index (χ0) is 17.1. The molecule has 8 rings (SSSR count). The van der Waals surface area contributed by atoms with Crippen molar-refractivity contribution in [3.05, 3.63) is 70.8 Å². The average Bonchev–Trinajstić information content (AvgIpc) is 3.37. The fourth-order valence-corrected chi connectivity index (χ4v) is 6.80. The van der Waals surface area contributed by atoms with Crippen LogP contribution in [0.3, 0.4) is 0 Å². The molecule has 0 saturated carbocycles. The number of benzene rings is 2. The quantitative estimate of drug-likeness (QED) is 0.803. The van der Waals surface area contributed by atoms with Crippen molar-refractivity contribution in [1.29, 1.82) is 0 Å². The van der Waals surface area contributed by atoms with Crippen LogP contribution in [0, 0.1) is 11.8 Å². The van der Waals surface area contributed by atoms with Crippen LogP contribution in [0.1, 0.15) is 28.2 Å². The highest BCUT2D eigenvalue weighted by Gasteiger charge is 2.77. The molecule has 2 aromatic rings. The van der Waals surface area contributed by atoms with Crippen molar-refractivity contribution < 1.29 is 19.3 Å². The molecular formula is C22H20O4. The van der Waals surface area contributed by atoms with Gasteiger partial charge in [-0.25, -0.2) is 0 Å². The molecule has 4 heteroatoms. The second kappa shape index (κ2) is 4.39. The van der Waals surface area contributed by atoms with Gasteiger partial charge in [0.2, 0.25) is 0 Å². The van der Waals surface area contributed by atoms with E-state index in [1.807, 2.05) is 0 Å². The second-order valence-electron chi connectivity index (χ2n) is 8.42. The standard InChI is InChI=1S/C22H20O4/c23-10-21-14-7-3-1-5-12(14)17(13-6-2-4-8-15(13)21)18-16-9-24-20(26-16)22(11-25-22)19(18)21/h1-8,16-20,23H,9-11H2/t16-,17?,18+,19+,20-,21?,22-/m1/s1. The summed E-state index contributed by atoms with van der Waals surface area (Å²) in [5.74, 6) is 0.726. The van der Waals surface area contributed by atoms with Gasteiger partial charge in [-0.05, 0) is 22.3 Å². The van der Waals surface area contributed by atoms with E-state index in [0.29, 0.717) is 13.2 Å². The van der Waals surface area contributed by atoms with Crippen molar-refractivity contribution in [1.82, 2.24) is 0 Å². The Kier molecular flexibility index (Phi) is 2.43. The van der Waals surface area contributed by atoms with Gasteiger partial charge in [-0.3, -0.25) is 0 Å². The molecule has 3 heterocycles. The van der Waals surface area contributed by atoms with E-state index in [1.165, 1.54) is 22.3 Å². The lowest BCUT2D eigenvalue weighted by molar-refractivity contribution is -0.194. The Bertz CT molecular complexity index is 886. The summed E-state index contributed by atoms with van der Waals surface area (Å²) in [6.07, 6.45) is -0.228. The van der Waals surface area contributed by atoms with E-state index >= 15 is 0 Å². The monoisotopic (exact) mass is 348 g/mol. The minimum absolute atomic E-state index is 0.0671. The lowest BCUT2D eigenvalue weighted by Gasteiger charge is -2.61. The Morgan fingerprint density at radius 2 is 1.65 bits per heavy atom. The summed E-state index contributed by atoms with van der Waals surface area (Å²) in [4.78, 5) is 0. The maximum absolute atomic E-state index is 10.9. The molecule has 2 aromatic carbocycles. The zero-order valence-electron chi connectivity index (χ0n) is 14.3. The number of rotatable bonds is 1. The lowest BCUT2D eigenvalue weighted by atomic mass is 9.43. The van der Waals surface area contributed by atoms with E-state index in [1.54, 1.807) is 0 Å². The molecule has 0 radical (unpaired) electrons.